The zero-order chi connectivity index (χ0) is 15.0. The predicted molar refractivity (Wildman–Crippen MR) is 78.1 cm³/mol. The van der Waals surface area contributed by atoms with E-state index >= 15 is 0 Å². The Morgan fingerprint density at radius 3 is 2.48 bits per heavy atom. The topological polar surface area (TPSA) is 47.0 Å². The second-order valence-electron chi connectivity index (χ2n) is 4.39. The summed E-state index contributed by atoms with van der Waals surface area (Å²) in [6.45, 7) is 1.94. The third-order valence-corrected chi connectivity index (χ3v) is 3.70. The molecule has 0 saturated heterocycles. The van der Waals surface area contributed by atoms with E-state index in [0.29, 0.717) is 11.3 Å². The number of hydrogen-bond donors (Lipinski definition) is 1. The highest BCUT2D eigenvalue weighted by Gasteiger charge is 2.13. The van der Waals surface area contributed by atoms with Crippen LogP contribution in [0.2, 0.25) is 0 Å². The van der Waals surface area contributed by atoms with Gasteiger partial charge in [-0.1, -0.05) is 0 Å². The minimum Gasteiger partial charge on any atom is -0.438 e. The number of ether oxygens (including phenoxy) is 1. The fourth-order valence-electron chi connectivity index (χ4n) is 1.90. The first-order valence-corrected chi connectivity index (χ1v) is 6.96. The van der Waals surface area contributed by atoms with Crippen molar-refractivity contribution < 1.29 is 13.5 Å². The van der Waals surface area contributed by atoms with Crippen LogP contribution in [0.5, 0.6) is 11.6 Å². The maximum absolute atomic E-state index is 13.2. The molecule has 0 fully saturated rings. The van der Waals surface area contributed by atoms with Gasteiger partial charge in [0.05, 0.1) is 5.39 Å². The van der Waals surface area contributed by atoms with Crippen molar-refractivity contribution in [2.24, 2.45) is 0 Å². The van der Waals surface area contributed by atoms with E-state index in [-0.39, 0.29) is 11.6 Å². The standard InChI is InChI=1S/C14H11F2N3OS/c1-7-3-11-12(18-14(17-2)19-13(11)21-7)20-10-5-8(15)4-9(16)6-10/h3-6H,1-2H3,(H,17,18,19). The Bertz CT molecular complexity index is 799. The van der Waals surface area contributed by atoms with E-state index in [9.17, 15) is 8.78 Å². The monoisotopic (exact) mass is 307 g/mol. The van der Waals surface area contributed by atoms with Crippen molar-refractivity contribution in [1.82, 2.24) is 9.97 Å². The van der Waals surface area contributed by atoms with Gasteiger partial charge < -0.3 is 10.1 Å². The van der Waals surface area contributed by atoms with Gasteiger partial charge in [-0.05, 0) is 13.0 Å². The van der Waals surface area contributed by atoms with Crippen LogP contribution in [0.1, 0.15) is 4.88 Å². The summed E-state index contributed by atoms with van der Waals surface area (Å²) < 4.78 is 32.0. The van der Waals surface area contributed by atoms with Gasteiger partial charge >= 0.3 is 0 Å². The number of hydrogen-bond acceptors (Lipinski definition) is 5. The average Bonchev–Trinajstić information content (AvgIpc) is 2.78. The fraction of sp³-hybridized carbons (Fsp3) is 0.143. The van der Waals surface area contributed by atoms with Crippen LogP contribution in [-0.4, -0.2) is 17.0 Å². The van der Waals surface area contributed by atoms with Crippen LogP contribution >= 0.6 is 11.3 Å². The number of anilines is 1. The molecular weight excluding hydrogens is 296 g/mol. The summed E-state index contributed by atoms with van der Waals surface area (Å²) in [5.74, 6) is -0.704. The van der Waals surface area contributed by atoms with Gasteiger partial charge in [0.2, 0.25) is 11.8 Å². The number of aryl methyl sites for hydroxylation is 1. The van der Waals surface area contributed by atoms with Gasteiger partial charge in [0.25, 0.3) is 0 Å². The number of benzene rings is 1. The van der Waals surface area contributed by atoms with Crippen LogP contribution < -0.4 is 10.1 Å². The minimum absolute atomic E-state index is 0.0541. The SMILES string of the molecule is CNc1nc(Oc2cc(F)cc(F)c2)c2cc(C)sc2n1. The van der Waals surface area contributed by atoms with Crippen LogP contribution in [0.25, 0.3) is 10.2 Å². The van der Waals surface area contributed by atoms with E-state index in [0.717, 1.165) is 27.9 Å². The Labute approximate surface area is 123 Å². The number of rotatable bonds is 3. The molecule has 0 radical (unpaired) electrons. The van der Waals surface area contributed by atoms with E-state index in [1.807, 2.05) is 13.0 Å². The molecule has 1 N–H and O–H groups in total. The Morgan fingerprint density at radius 2 is 1.81 bits per heavy atom. The second kappa shape index (κ2) is 5.25. The molecule has 108 valence electrons. The predicted octanol–water partition coefficient (Wildman–Crippen LogP) is 4.11. The Kier molecular flexibility index (Phi) is 3.42. The van der Waals surface area contributed by atoms with Gasteiger partial charge in [-0.2, -0.15) is 4.98 Å². The summed E-state index contributed by atoms with van der Waals surface area (Å²) in [5, 5.41) is 3.54. The van der Waals surface area contributed by atoms with Crippen LogP contribution in [-0.2, 0) is 0 Å². The normalized spacial score (nSPS) is 10.9. The van der Waals surface area contributed by atoms with E-state index in [4.69, 9.17) is 4.74 Å². The summed E-state index contributed by atoms with van der Waals surface area (Å²) in [5.41, 5.74) is 0. The summed E-state index contributed by atoms with van der Waals surface area (Å²) in [4.78, 5) is 10.3. The highest BCUT2D eigenvalue weighted by molar-refractivity contribution is 7.18. The second-order valence-corrected chi connectivity index (χ2v) is 5.62. The lowest BCUT2D eigenvalue weighted by atomic mass is 10.3. The molecule has 0 aliphatic rings. The largest absolute Gasteiger partial charge is 0.438 e. The zero-order valence-electron chi connectivity index (χ0n) is 11.3. The Hall–Kier alpha value is -2.28. The number of aromatic nitrogens is 2. The highest BCUT2D eigenvalue weighted by Crippen LogP contribution is 2.33. The van der Waals surface area contributed by atoms with Crippen molar-refractivity contribution in [2.45, 2.75) is 6.92 Å². The molecule has 2 aromatic heterocycles. The molecule has 0 spiro atoms. The van der Waals surface area contributed by atoms with Crippen LogP contribution in [0, 0.1) is 18.6 Å². The molecule has 0 unspecified atom stereocenters. The average molecular weight is 307 g/mol. The molecule has 0 aliphatic heterocycles. The van der Waals surface area contributed by atoms with E-state index in [1.54, 1.807) is 7.05 Å². The molecule has 3 aromatic rings. The van der Waals surface area contributed by atoms with Crippen LogP contribution in [0.3, 0.4) is 0 Å². The summed E-state index contributed by atoms with van der Waals surface area (Å²) >= 11 is 1.49. The van der Waals surface area contributed by atoms with Crippen molar-refractivity contribution in [3.63, 3.8) is 0 Å². The highest BCUT2D eigenvalue weighted by atomic mass is 32.1. The van der Waals surface area contributed by atoms with Gasteiger partial charge in [-0.15, -0.1) is 11.3 Å². The van der Waals surface area contributed by atoms with E-state index < -0.39 is 11.6 Å². The third-order valence-electron chi connectivity index (χ3n) is 2.76. The molecule has 4 nitrogen and oxygen atoms in total. The van der Waals surface area contributed by atoms with Crippen molar-refractivity contribution >= 4 is 27.5 Å². The molecular formula is C14H11F2N3OS. The maximum Gasteiger partial charge on any atom is 0.232 e. The first-order valence-electron chi connectivity index (χ1n) is 6.15. The van der Waals surface area contributed by atoms with Gasteiger partial charge in [0, 0.05) is 30.1 Å². The Balaban J connectivity index is 2.10. The van der Waals surface area contributed by atoms with E-state index in [2.05, 4.69) is 15.3 Å². The fourth-order valence-corrected chi connectivity index (χ4v) is 2.77. The summed E-state index contributed by atoms with van der Waals surface area (Å²) in [7, 11) is 1.69. The molecule has 0 bridgehead atoms. The molecule has 3 rings (SSSR count). The van der Waals surface area contributed by atoms with Crippen molar-refractivity contribution in [3.8, 4) is 11.6 Å². The quantitative estimate of drug-likeness (QED) is 0.791. The molecule has 0 aliphatic carbocycles. The molecule has 21 heavy (non-hydrogen) atoms. The number of thiophene rings is 1. The smallest absolute Gasteiger partial charge is 0.232 e. The number of fused-ring (bicyclic) bond motifs is 1. The number of halogens is 2. The van der Waals surface area contributed by atoms with Crippen molar-refractivity contribution in [3.05, 3.63) is 40.8 Å². The maximum atomic E-state index is 13.2. The lowest BCUT2D eigenvalue weighted by Gasteiger charge is -2.08. The Morgan fingerprint density at radius 1 is 1.10 bits per heavy atom. The lowest BCUT2D eigenvalue weighted by molar-refractivity contribution is 0.457. The number of nitrogens with zero attached hydrogens (tertiary/aromatic N) is 2. The van der Waals surface area contributed by atoms with Gasteiger partial charge in [0.15, 0.2) is 0 Å². The first kappa shape index (κ1) is 13.7. The van der Waals surface area contributed by atoms with E-state index in [1.165, 1.54) is 11.3 Å². The zero-order valence-corrected chi connectivity index (χ0v) is 12.1. The van der Waals surface area contributed by atoms with Gasteiger partial charge in [-0.25, -0.2) is 13.8 Å². The third kappa shape index (κ3) is 2.78. The molecule has 2 heterocycles. The molecule has 1 aromatic carbocycles. The van der Waals surface area contributed by atoms with Crippen LogP contribution in [0.4, 0.5) is 14.7 Å². The van der Waals surface area contributed by atoms with Crippen LogP contribution in [0.15, 0.2) is 24.3 Å². The minimum atomic E-state index is -0.703. The number of nitrogens with one attached hydrogen (secondary N) is 1. The molecule has 0 atom stereocenters. The van der Waals surface area contributed by atoms with Gasteiger partial charge in [-0.3, -0.25) is 0 Å². The van der Waals surface area contributed by atoms with Crippen molar-refractivity contribution in [2.75, 3.05) is 12.4 Å². The van der Waals surface area contributed by atoms with Gasteiger partial charge in [0.1, 0.15) is 22.2 Å². The molecule has 0 amide bonds. The summed E-state index contributed by atoms with van der Waals surface area (Å²) in [6.07, 6.45) is 0. The molecule has 7 heteroatoms. The van der Waals surface area contributed by atoms with Crippen molar-refractivity contribution in [1.29, 1.82) is 0 Å². The summed E-state index contributed by atoms with van der Waals surface area (Å²) in [6, 6.07) is 4.88. The lowest BCUT2D eigenvalue weighted by Crippen LogP contribution is -1.98. The molecule has 0 saturated carbocycles. The first-order chi connectivity index (χ1) is 10.0.